The lowest BCUT2D eigenvalue weighted by atomic mass is 10.1. The predicted molar refractivity (Wildman–Crippen MR) is 75.0 cm³/mol. The maximum absolute atomic E-state index is 12.4. The molecule has 0 bridgehead atoms. The van der Waals surface area contributed by atoms with Crippen LogP contribution in [0.15, 0.2) is 42.9 Å². The summed E-state index contributed by atoms with van der Waals surface area (Å²) in [4.78, 5) is 7.32. The van der Waals surface area contributed by atoms with Crippen LogP contribution < -0.4 is 5.32 Å². The Morgan fingerprint density at radius 3 is 2.59 bits per heavy atom. The lowest BCUT2D eigenvalue weighted by molar-refractivity contribution is -0.141. The fourth-order valence-electron chi connectivity index (χ4n) is 1.90. The number of aromatic nitrogens is 2. The van der Waals surface area contributed by atoms with Gasteiger partial charge in [0.05, 0.1) is 6.10 Å². The SMILES string of the molecule is OC(CNCCc1ccc(C(F)(F)F)nc1)c1cccnc1. The number of rotatable bonds is 6. The monoisotopic (exact) mass is 311 g/mol. The van der Waals surface area contributed by atoms with Gasteiger partial charge < -0.3 is 10.4 Å². The van der Waals surface area contributed by atoms with Crippen LogP contribution in [0, 0.1) is 0 Å². The first kappa shape index (κ1) is 16.4. The first-order chi connectivity index (χ1) is 10.5. The van der Waals surface area contributed by atoms with E-state index in [4.69, 9.17) is 0 Å². The van der Waals surface area contributed by atoms with E-state index in [1.807, 2.05) is 0 Å². The summed E-state index contributed by atoms with van der Waals surface area (Å²) < 4.78 is 37.1. The van der Waals surface area contributed by atoms with Gasteiger partial charge in [0.15, 0.2) is 0 Å². The van der Waals surface area contributed by atoms with Gasteiger partial charge >= 0.3 is 6.18 Å². The molecule has 118 valence electrons. The summed E-state index contributed by atoms with van der Waals surface area (Å²) in [6, 6.07) is 5.90. The van der Waals surface area contributed by atoms with Gasteiger partial charge in [0.1, 0.15) is 5.69 Å². The van der Waals surface area contributed by atoms with E-state index in [0.29, 0.717) is 30.6 Å². The molecule has 0 aliphatic heterocycles. The normalized spacial score (nSPS) is 13.1. The van der Waals surface area contributed by atoms with Crippen LogP contribution in [0.2, 0.25) is 0 Å². The molecule has 7 heteroatoms. The molecule has 0 radical (unpaired) electrons. The van der Waals surface area contributed by atoms with Crippen molar-refractivity contribution in [2.75, 3.05) is 13.1 Å². The predicted octanol–water partition coefficient (Wildman–Crippen LogP) is 2.36. The third-order valence-electron chi connectivity index (χ3n) is 3.11. The van der Waals surface area contributed by atoms with E-state index < -0.39 is 18.0 Å². The van der Waals surface area contributed by atoms with Crippen molar-refractivity contribution in [2.45, 2.75) is 18.7 Å². The first-order valence-electron chi connectivity index (χ1n) is 6.77. The molecule has 0 aliphatic rings. The molecule has 2 aromatic rings. The highest BCUT2D eigenvalue weighted by molar-refractivity contribution is 5.16. The molecule has 2 heterocycles. The molecule has 0 aromatic carbocycles. The molecule has 22 heavy (non-hydrogen) atoms. The minimum absolute atomic E-state index is 0.347. The van der Waals surface area contributed by atoms with E-state index in [9.17, 15) is 18.3 Å². The Balaban J connectivity index is 1.75. The third-order valence-corrected chi connectivity index (χ3v) is 3.11. The Hall–Kier alpha value is -1.99. The van der Waals surface area contributed by atoms with Crippen LogP contribution in [-0.2, 0) is 12.6 Å². The zero-order valence-electron chi connectivity index (χ0n) is 11.7. The van der Waals surface area contributed by atoms with E-state index in [0.717, 1.165) is 6.07 Å². The van der Waals surface area contributed by atoms with Crippen molar-refractivity contribution in [2.24, 2.45) is 0 Å². The largest absolute Gasteiger partial charge is 0.433 e. The molecule has 0 saturated heterocycles. The van der Waals surface area contributed by atoms with Gasteiger partial charge in [-0.15, -0.1) is 0 Å². The zero-order chi connectivity index (χ0) is 16.0. The summed E-state index contributed by atoms with van der Waals surface area (Å²) in [5.41, 5.74) is 0.527. The maximum atomic E-state index is 12.4. The van der Waals surface area contributed by atoms with E-state index in [2.05, 4.69) is 15.3 Å². The average molecular weight is 311 g/mol. The summed E-state index contributed by atoms with van der Waals surface area (Å²) in [6.07, 6.45) is -0.107. The van der Waals surface area contributed by atoms with Gasteiger partial charge in [-0.2, -0.15) is 13.2 Å². The molecule has 0 fully saturated rings. The highest BCUT2D eigenvalue weighted by Gasteiger charge is 2.31. The number of hydrogen-bond acceptors (Lipinski definition) is 4. The van der Waals surface area contributed by atoms with Gasteiger partial charge in [-0.05, 0) is 30.7 Å². The fraction of sp³-hybridized carbons (Fsp3) is 0.333. The topological polar surface area (TPSA) is 58.0 Å². The number of halogens is 3. The van der Waals surface area contributed by atoms with E-state index in [1.54, 1.807) is 24.5 Å². The van der Waals surface area contributed by atoms with Crippen molar-refractivity contribution >= 4 is 0 Å². The van der Waals surface area contributed by atoms with Crippen LogP contribution >= 0.6 is 0 Å². The summed E-state index contributed by atoms with van der Waals surface area (Å²) in [5, 5.41) is 13.0. The summed E-state index contributed by atoms with van der Waals surface area (Å²) in [6.45, 7) is 0.879. The molecule has 1 atom stereocenters. The van der Waals surface area contributed by atoms with Gasteiger partial charge in [-0.3, -0.25) is 9.97 Å². The summed E-state index contributed by atoms with van der Waals surface area (Å²) in [7, 11) is 0. The van der Waals surface area contributed by atoms with Crippen LogP contribution in [0.1, 0.15) is 22.9 Å². The van der Waals surface area contributed by atoms with E-state index in [-0.39, 0.29) is 0 Å². The molecular weight excluding hydrogens is 295 g/mol. The standard InChI is InChI=1S/C15H16F3N3O/c16-15(17,18)14-4-3-11(8-21-14)5-7-20-10-13(22)12-2-1-6-19-9-12/h1-4,6,8-9,13,20,22H,5,7,10H2. The van der Waals surface area contributed by atoms with Gasteiger partial charge in [0.25, 0.3) is 0 Å². The second-order valence-electron chi connectivity index (χ2n) is 4.81. The Labute approximate surface area is 126 Å². The number of aliphatic hydroxyl groups is 1. The van der Waals surface area contributed by atoms with Crippen molar-refractivity contribution in [1.82, 2.24) is 15.3 Å². The summed E-state index contributed by atoms with van der Waals surface area (Å²) in [5.74, 6) is 0. The molecule has 2 aromatic heterocycles. The number of pyridine rings is 2. The molecule has 0 saturated carbocycles. The summed E-state index contributed by atoms with van der Waals surface area (Å²) >= 11 is 0. The van der Waals surface area contributed by atoms with Gasteiger partial charge in [0.2, 0.25) is 0 Å². The highest BCUT2D eigenvalue weighted by atomic mass is 19.4. The van der Waals surface area contributed by atoms with Crippen molar-refractivity contribution in [3.63, 3.8) is 0 Å². The Kier molecular flexibility index (Phi) is 5.46. The number of nitrogens with one attached hydrogen (secondary N) is 1. The Morgan fingerprint density at radius 2 is 2.00 bits per heavy atom. The Morgan fingerprint density at radius 1 is 1.18 bits per heavy atom. The van der Waals surface area contributed by atoms with Crippen LogP contribution in [0.4, 0.5) is 13.2 Å². The first-order valence-corrected chi connectivity index (χ1v) is 6.77. The quantitative estimate of drug-likeness (QED) is 0.804. The molecule has 2 N–H and O–H groups in total. The van der Waals surface area contributed by atoms with Crippen molar-refractivity contribution < 1.29 is 18.3 Å². The van der Waals surface area contributed by atoms with Crippen LogP contribution in [0.5, 0.6) is 0 Å². The average Bonchev–Trinajstić information content (AvgIpc) is 2.52. The highest BCUT2D eigenvalue weighted by Crippen LogP contribution is 2.27. The fourth-order valence-corrected chi connectivity index (χ4v) is 1.90. The van der Waals surface area contributed by atoms with Crippen LogP contribution in [0.3, 0.4) is 0 Å². The number of aliphatic hydroxyl groups excluding tert-OH is 1. The second kappa shape index (κ2) is 7.33. The lowest BCUT2D eigenvalue weighted by Gasteiger charge is -2.12. The molecule has 2 rings (SSSR count). The molecule has 4 nitrogen and oxygen atoms in total. The zero-order valence-corrected chi connectivity index (χ0v) is 11.7. The molecule has 0 aliphatic carbocycles. The van der Waals surface area contributed by atoms with Gasteiger partial charge in [-0.1, -0.05) is 12.1 Å². The number of hydrogen-bond donors (Lipinski definition) is 2. The molecule has 0 spiro atoms. The van der Waals surface area contributed by atoms with E-state index >= 15 is 0 Å². The lowest BCUT2D eigenvalue weighted by Crippen LogP contribution is -2.24. The molecular formula is C15H16F3N3O. The maximum Gasteiger partial charge on any atom is 0.433 e. The third kappa shape index (κ3) is 4.78. The minimum atomic E-state index is -4.41. The number of alkyl halides is 3. The number of nitrogens with zero attached hydrogens (tertiary/aromatic N) is 2. The van der Waals surface area contributed by atoms with Crippen molar-refractivity contribution in [1.29, 1.82) is 0 Å². The smallest absolute Gasteiger partial charge is 0.387 e. The van der Waals surface area contributed by atoms with Crippen molar-refractivity contribution in [3.05, 3.63) is 59.7 Å². The molecule has 1 unspecified atom stereocenters. The van der Waals surface area contributed by atoms with Crippen LogP contribution in [-0.4, -0.2) is 28.2 Å². The Bertz CT molecular complexity index is 573. The van der Waals surface area contributed by atoms with Gasteiger partial charge in [-0.25, -0.2) is 0 Å². The molecule has 0 amide bonds. The minimum Gasteiger partial charge on any atom is -0.387 e. The van der Waals surface area contributed by atoms with Gasteiger partial charge in [0, 0.05) is 30.7 Å². The van der Waals surface area contributed by atoms with Crippen LogP contribution in [0.25, 0.3) is 0 Å². The second-order valence-corrected chi connectivity index (χ2v) is 4.81. The van der Waals surface area contributed by atoms with E-state index in [1.165, 1.54) is 12.3 Å². The van der Waals surface area contributed by atoms with Crippen molar-refractivity contribution in [3.8, 4) is 0 Å².